The molecule has 0 saturated carbocycles. The van der Waals surface area contributed by atoms with Crippen molar-refractivity contribution in [2.45, 2.75) is 12.3 Å². The predicted molar refractivity (Wildman–Crippen MR) is 101 cm³/mol. The van der Waals surface area contributed by atoms with Gasteiger partial charge >= 0.3 is 5.97 Å². The van der Waals surface area contributed by atoms with Gasteiger partial charge in [0.15, 0.2) is 5.96 Å². The zero-order valence-corrected chi connectivity index (χ0v) is 14.7. The van der Waals surface area contributed by atoms with Crippen LogP contribution in [0.3, 0.4) is 0 Å². The third kappa shape index (κ3) is 5.95. The van der Waals surface area contributed by atoms with Crippen LogP contribution in [0.5, 0.6) is 0 Å². The molecule has 0 atom stereocenters. The minimum absolute atomic E-state index is 0.210. The van der Waals surface area contributed by atoms with Gasteiger partial charge in [-0.15, -0.1) is 0 Å². The summed E-state index contributed by atoms with van der Waals surface area (Å²) in [5, 5.41) is 6.48. The van der Waals surface area contributed by atoms with Gasteiger partial charge in [0, 0.05) is 26.1 Å². The predicted octanol–water partition coefficient (Wildman–Crippen LogP) is 2.55. The summed E-state index contributed by atoms with van der Waals surface area (Å²) in [6.07, 6.45) is 0.304. The molecule has 5 heteroatoms. The van der Waals surface area contributed by atoms with E-state index in [4.69, 9.17) is 0 Å². The van der Waals surface area contributed by atoms with Gasteiger partial charge in [0.1, 0.15) is 0 Å². The van der Waals surface area contributed by atoms with Crippen LogP contribution in [-0.4, -0.2) is 39.2 Å². The number of hydrogen-bond acceptors (Lipinski definition) is 3. The van der Waals surface area contributed by atoms with E-state index in [-0.39, 0.29) is 11.9 Å². The number of carbonyl (C=O) groups is 1. The number of aliphatic imine (C=N–C) groups is 1. The van der Waals surface area contributed by atoms with Crippen molar-refractivity contribution in [2.75, 3.05) is 27.2 Å². The highest BCUT2D eigenvalue weighted by molar-refractivity contribution is 5.80. The molecule has 0 heterocycles. The minimum Gasteiger partial charge on any atom is -0.469 e. The van der Waals surface area contributed by atoms with Crippen molar-refractivity contribution in [1.82, 2.24) is 10.6 Å². The molecule has 0 fully saturated rings. The van der Waals surface area contributed by atoms with Crippen LogP contribution < -0.4 is 10.6 Å². The maximum absolute atomic E-state index is 11.2. The number of hydrogen-bond donors (Lipinski definition) is 2. The highest BCUT2D eigenvalue weighted by Crippen LogP contribution is 2.23. The van der Waals surface area contributed by atoms with Crippen molar-refractivity contribution < 1.29 is 9.53 Å². The summed E-state index contributed by atoms with van der Waals surface area (Å²) in [6.45, 7) is 1.18. The monoisotopic (exact) mass is 339 g/mol. The quantitative estimate of drug-likeness (QED) is 0.462. The number of carbonyl (C=O) groups excluding carboxylic acids is 1. The van der Waals surface area contributed by atoms with Gasteiger partial charge in [-0.2, -0.15) is 0 Å². The van der Waals surface area contributed by atoms with Gasteiger partial charge in [-0.3, -0.25) is 9.79 Å². The standard InChI is InChI=1S/C20H25N3O2/c1-21-20(22-14-13-19(24)25-2)23-15-18(16-9-5-3-6-10-16)17-11-7-4-8-12-17/h3-12,18H,13-15H2,1-2H3,(H2,21,22,23). The van der Waals surface area contributed by atoms with Gasteiger partial charge in [-0.1, -0.05) is 60.7 Å². The maximum Gasteiger partial charge on any atom is 0.307 e. The van der Waals surface area contributed by atoms with Crippen LogP contribution >= 0.6 is 0 Å². The Balaban J connectivity index is 2.01. The Kier molecular flexibility index (Phi) is 7.50. The fraction of sp³-hybridized carbons (Fsp3) is 0.300. The second-order valence-electron chi connectivity index (χ2n) is 5.58. The van der Waals surface area contributed by atoms with Gasteiger partial charge in [-0.05, 0) is 11.1 Å². The zero-order chi connectivity index (χ0) is 17.9. The van der Waals surface area contributed by atoms with Crippen LogP contribution in [0.1, 0.15) is 23.5 Å². The van der Waals surface area contributed by atoms with E-state index in [2.05, 4.69) is 68.9 Å². The van der Waals surface area contributed by atoms with Crippen LogP contribution in [0.2, 0.25) is 0 Å². The Morgan fingerprint density at radius 3 is 2.04 bits per heavy atom. The lowest BCUT2D eigenvalue weighted by molar-refractivity contribution is -0.140. The minimum atomic E-state index is -0.241. The molecule has 0 radical (unpaired) electrons. The Morgan fingerprint density at radius 2 is 1.56 bits per heavy atom. The molecule has 0 bridgehead atoms. The Morgan fingerprint density at radius 1 is 1.00 bits per heavy atom. The van der Waals surface area contributed by atoms with Gasteiger partial charge in [0.25, 0.3) is 0 Å². The van der Waals surface area contributed by atoms with E-state index in [1.165, 1.54) is 18.2 Å². The maximum atomic E-state index is 11.2. The summed E-state index contributed by atoms with van der Waals surface area (Å²) in [7, 11) is 3.10. The molecule has 2 N–H and O–H groups in total. The van der Waals surface area contributed by atoms with Crippen molar-refractivity contribution in [3.63, 3.8) is 0 Å². The number of esters is 1. The molecule has 0 unspecified atom stereocenters. The van der Waals surface area contributed by atoms with E-state index in [0.717, 1.165) is 0 Å². The average molecular weight is 339 g/mol. The molecule has 0 saturated heterocycles. The van der Waals surface area contributed by atoms with Crippen LogP contribution in [-0.2, 0) is 9.53 Å². The number of benzene rings is 2. The Bertz CT molecular complexity index is 632. The lowest BCUT2D eigenvalue weighted by atomic mass is 9.91. The average Bonchev–Trinajstić information content (AvgIpc) is 2.68. The van der Waals surface area contributed by atoms with E-state index in [1.807, 2.05) is 12.1 Å². The van der Waals surface area contributed by atoms with Crippen molar-refractivity contribution in [3.8, 4) is 0 Å². The second kappa shape index (κ2) is 10.1. The first kappa shape index (κ1) is 18.5. The molecule has 0 aliphatic carbocycles. The number of ether oxygens (including phenoxy) is 1. The third-order valence-electron chi connectivity index (χ3n) is 3.95. The fourth-order valence-electron chi connectivity index (χ4n) is 2.60. The van der Waals surface area contributed by atoms with E-state index in [0.29, 0.717) is 25.5 Å². The van der Waals surface area contributed by atoms with Crippen molar-refractivity contribution in [1.29, 1.82) is 0 Å². The summed E-state index contributed by atoms with van der Waals surface area (Å²) in [5.41, 5.74) is 2.48. The second-order valence-corrected chi connectivity index (χ2v) is 5.58. The molecule has 0 aliphatic heterocycles. The van der Waals surface area contributed by atoms with E-state index in [9.17, 15) is 4.79 Å². The van der Waals surface area contributed by atoms with E-state index < -0.39 is 0 Å². The number of rotatable bonds is 7. The smallest absolute Gasteiger partial charge is 0.307 e. The lowest BCUT2D eigenvalue weighted by Crippen LogP contribution is -2.40. The molecule has 2 aromatic rings. The number of nitrogens with zero attached hydrogens (tertiary/aromatic N) is 1. The van der Waals surface area contributed by atoms with Crippen LogP contribution in [0.4, 0.5) is 0 Å². The number of nitrogens with one attached hydrogen (secondary N) is 2. The third-order valence-corrected chi connectivity index (χ3v) is 3.95. The molecule has 0 aliphatic rings. The molecule has 132 valence electrons. The highest BCUT2D eigenvalue weighted by atomic mass is 16.5. The van der Waals surface area contributed by atoms with Crippen molar-refractivity contribution in [2.24, 2.45) is 4.99 Å². The molecule has 25 heavy (non-hydrogen) atoms. The molecular formula is C20H25N3O2. The first-order chi connectivity index (χ1) is 12.2. The molecule has 0 spiro atoms. The lowest BCUT2D eigenvalue weighted by Gasteiger charge is -2.20. The first-order valence-corrected chi connectivity index (χ1v) is 8.35. The fourth-order valence-corrected chi connectivity index (χ4v) is 2.60. The highest BCUT2D eigenvalue weighted by Gasteiger charge is 2.14. The van der Waals surface area contributed by atoms with Gasteiger partial charge in [0.05, 0.1) is 13.5 Å². The van der Waals surface area contributed by atoms with Gasteiger partial charge < -0.3 is 15.4 Å². The zero-order valence-electron chi connectivity index (χ0n) is 14.7. The first-order valence-electron chi connectivity index (χ1n) is 8.35. The van der Waals surface area contributed by atoms with Gasteiger partial charge in [-0.25, -0.2) is 0 Å². The summed E-state index contributed by atoms with van der Waals surface area (Å²) in [6, 6.07) is 20.8. The number of guanidine groups is 1. The van der Waals surface area contributed by atoms with E-state index in [1.54, 1.807) is 7.05 Å². The molecule has 0 aromatic heterocycles. The SMILES string of the molecule is CN=C(NCCC(=O)OC)NCC(c1ccccc1)c1ccccc1. The van der Waals surface area contributed by atoms with Crippen molar-refractivity contribution in [3.05, 3.63) is 71.8 Å². The number of methoxy groups -OCH3 is 1. The topological polar surface area (TPSA) is 62.7 Å². The van der Waals surface area contributed by atoms with Crippen LogP contribution in [0, 0.1) is 0 Å². The van der Waals surface area contributed by atoms with Crippen LogP contribution in [0.15, 0.2) is 65.7 Å². The molecular weight excluding hydrogens is 314 g/mol. The molecule has 0 amide bonds. The van der Waals surface area contributed by atoms with Gasteiger partial charge in [0.2, 0.25) is 0 Å². The van der Waals surface area contributed by atoms with Crippen molar-refractivity contribution >= 4 is 11.9 Å². The summed E-state index contributed by atoms with van der Waals surface area (Å²) >= 11 is 0. The molecule has 2 aromatic carbocycles. The summed E-state index contributed by atoms with van der Waals surface area (Å²) in [4.78, 5) is 15.4. The summed E-state index contributed by atoms with van der Waals surface area (Å²) in [5.74, 6) is 0.636. The Hall–Kier alpha value is -2.82. The molecule has 5 nitrogen and oxygen atoms in total. The Labute approximate surface area is 149 Å². The normalized spacial score (nSPS) is 11.2. The summed E-state index contributed by atoms with van der Waals surface area (Å²) < 4.78 is 4.64. The van der Waals surface area contributed by atoms with Crippen LogP contribution in [0.25, 0.3) is 0 Å². The molecule has 2 rings (SSSR count). The largest absolute Gasteiger partial charge is 0.469 e. The van der Waals surface area contributed by atoms with E-state index >= 15 is 0 Å².